The maximum atomic E-state index is 9.33. The van der Waals surface area contributed by atoms with Gasteiger partial charge in [0, 0.05) is 0 Å². The summed E-state index contributed by atoms with van der Waals surface area (Å²) in [7, 11) is -3.29. The lowest BCUT2D eigenvalue weighted by molar-refractivity contribution is 0.324. The number of hydrogen-bond acceptors (Lipinski definition) is 4. The van der Waals surface area contributed by atoms with Crippen LogP contribution in [0.3, 0.4) is 0 Å². The first-order chi connectivity index (χ1) is 2.56. The van der Waals surface area contributed by atoms with E-state index < -0.39 is 10.4 Å². The van der Waals surface area contributed by atoms with Crippen molar-refractivity contribution >= 4 is 33.5 Å². The molecule has 0 spiro atoms. The van der Waals surface area contributed by atoms with Gasteiger partial charge in [-0.3, -0.25) is 8.74 Å². The first-order valence-electron chi connectivity index (χ1n) is 1.09. The quantitative estimate of drug-likeness (QED) is 0.362. The summed E-state index contributed by atoms with van der Waals surface area (Å²) >= 11 is 0. The zero-order valence-electron chi connectivity index (χ0n) is 3.79. The fraction of sp³-hybridized carbons (Fsp3) is 1.00. The van der Waals surface area contributed by atoms with Gasteiger partial charge in [0.15, 0.2) is 0 Å². The molecule has 0 heterocycles. The Labute approximate surface area is 64.1 Å². The number of rotatable bonds is 1. The molecule has 0 atom stereocenters. The SMILES string of the molecule is COS(=O)(=O)O.N.[MgH2]. The maximum absolute atomic E-state index is 9.33. The van der Waals surface area contributed by atoms with E-state index in [1.165, 1.54) is 0 Å². The second-order valence-electron chi connectivity index (χ2n) is 0.594. The zero-order valence-corrected chi connectivity index (χ0v) is 4.60. The minimum absolute atomic E-state index is 0. The molecule has 0 aromatic heterocycles. The Balaban J connectivity index is -0.000000125. The van der Waals surface area contributed by atoms with E-state index in [1.807, 2.05) is 0 Å². The highest BCUT2D eigenvalue weighted by Crippen LogP contribution is 1.74. The fourth-order valence-corrected chi connectivity index (χ4v) is 0. The van der Waals surface area contributed by atoms with Crippen molar-refractivity contribution in [3.8, 4) is 0 Å². The van der Waals surface area contributed by atoms with Crippen LogP contribution in [0.4, 0.5) is 0 Å². The molecule has 0 bridgehead atoms. The van der Waals surface area contributed by atoms with Gasteiger partial charge in [-0.2, -0.15) is 8.42 Å². The predicted octanol–water partition coefficient (Wildman–Crippen LogP) is -1.32. The van der Waals surface area contributed by atoms with E-state index in [0.717, 1.165) is 7.11 Å². The normalized spacial score (nSPS) is 8.75. The van der Waals surface area contributed by atoms with E-state index in [-0.39, 0.29) is 29.2 Å². The summed E-state index contributed by atoms with van der Waals surface area (Å²) in [6.45, 7) is 0. The molecular formula is CH9MgNO4S. The fourth-order valence-electron chi connectivity index (χ4n) is 0. The van der Waals surface area contributed by atoms with Crippen LogP contribution in [-0.2, 0) is 14.6 Å². The molecule has 0 aliphatic heterocycles. The Bertz CT molecular complexity index is 118. The molecule has 0 aliphatic carbocycles. The van der Waals surface area contributed by atoms with Gasteiger partial charge in [0.1, 0.15) is 0 Å². The molecular weight excluding hydrogens is 146 g/mol. The highest BCUT2D eigenvalue weighted by Gasteiger charge is 1.93. The molecule has 0 unspecified atom stereocenters. The smallest absolute Gasteiger partial charge is 0.344 e. The molecule has 7 heteroatoms. The van der Waals surface area contributed by atoms with Gasteiger partial charge in [-0.05, 0) is 0 Å². The first kappa shape index (κ1) is 15.8. The van der Waals surface area contributed by atoms with Crippen molar-refractivity contribution in [2.45, 2.75) is 0 Å². The Hall–Kier alpha value is 0.596. The second-order valence-corrected chi connectivity index (χ2v) is 1.78. The molecule has 0 saturated heterocycles. The van der Waals surface area contributed by atoms with Gasteiger partial charge in [-0.15, -0.1) is 0 Å². The van der Waals surface area contributed by atoms with Crippen LogP contribution >= 0.6 is 0 Å². The molecule has 0 amide bonds. The van der Waals surface area contributed by atoms with Crippen molar-refractivity contribution in [3.63, 3.8) is 0 Å². The van der Waals surface area contributed by atoms with Crippen molar-refractivity contribution in [2.75, 3.05) is 7.11 Å². The largest absolute Gasteiger partial charge is 0.397 e. The third-order valence-corrected chi connectivity index (χ3v) is 0.632. The molecule has 5 nitrogen and oxygen atoms in total. The van der Waals surface area contributed by atoms with Crippen molar-refractivity contribution in [3.05, 3.63) is 0 Å². The van der Waals surface area contributed by atoms with Gasteiger partial charge in [0.05, 0.1) is 7.11 Å². The van der Waals surface area contributed by atoms with E-state index in [0.29, 0.717) is 0 Å². The summed E-state index contributed by atoms with van der Waals surface area (Å²) in [4.78, 5) is 0. The van der Waals surface area contributed by atoms with Crippen LogP contribution in [0, 0.1) is 0 Å². The van der Waals surface area contributed by atoms with E-state index in [4.69, 9.17) is 4.55 Å². The molecule has 0 aromatic carbocycles. The van der Waals surface area contributed by atoms with Crippen LogP contribution in [0.2, 0.25) is 0 Å². The van der Waals surface area contributed by atoms with Crippen LogP contribution < -0.4 is 6.15 Å². The minimum Gasteiger partial charge on any atom is -0.344 e. The topological polar surface area (TPSA) is 98.6 Å². The highest BCUT2D eigenvalue weighted by atomic mass is 32.3. The number of hydrogen-bond donors (Lipinski definition) is 2. The van der Waals surface area contributed by atoms with Gasteiger partial charge in [-0.25, -0.2) is 0 Å². The first-order valence-corrected chi connectivity index (χ1v) is 2.46. The lowest BCUT2D eigenvalue weighted by atomic mass is 11.8. The molecule has 4 N–H and O–H groups in total. The van der Waals surface area contributed by atoms with E-state index in [9.17, 15) is 8.42 Å². The zero-order chi connectivity index (χ0) is 5.21. The third-order valence-electron chi connectivity index (χ3n) is 0.211. The Kier molecular flexibility index (Phi) is 11.3. The Morgan fingerprint density at radius 1 is 1.50 bits per heavy atom. The summed E-state index contributed by atoms with van der Waals surface area (Å²) in [6.07, 6.45) is 0. The molecule has 8 heavy (non-hydrogen) atoms. The minimum atomic E-state index is -4.16. The summed E-state index contributed by atoms with van der Waals surface area (Å²) in [5.74, 6) is 0. The molecule has 0 saturated carbocycles. The van der Waals surface area contributed by atoms with Crippen molar-refractivity contribution < 1.29 is 17.2 Å². The maximum Gasteiger partial charge on any atom is 0.397 e. The molecule has 0 aromatic rings. The second kappa shape index (κ2) is 5.73. The van der Waals surface area contributed by atoms with E-state index in [1.54, 1.807) is 0 Å². The Morgan fingerprint density at radius 3 is 1.62 bits per heavy atom. The van der Waals surface area contributed by atoms with Crippen LogP contribution in [0.15, 0.2) is 0 Å². The predicted molar refractivity (Wildman–Crippen MR) is 32.1 cm³/mol. The average molecular weight is 155 g/mol. The standard InChI is InChI=1S/CH4O4S.Mg.H3N.2H/c1-5-6(2,3)4;;;;/h1H3,(H,2,3,4);;1H3;;. The van der Waals surface area contributed by atoms with Crippen LogP contribution in [0.1, 0.15) is 0 Å². The Morgan fingerprint density at radius 2 is 1.62 bits per heavy atom. The van der Waals surface area contributed by atoms with Crippen LogP contribution in [0.5, 0.6) is 0 Å². The van der Waals surface area contributed by atoms with Gasteiger partial charge in [0.2, 0.25) is 0 Å². The average Bonchev–Trinajstić information content (AvgIpc) is 1.35. The summed E-state index contributed by atoms with van der Waals surface area (Å²) in [5.41, 5.74) is 0. The van der Waals surface area contributed by atoms with Gasteiger partial charge >= 0.3 is 33.5 Å². The van der Waals surface area contributed by atoms with Crippen molar-refractivity contribution in [1.29, 1.82) is 0 Å². The van der Waals surface area contributed by atoms with Gasteiger partial charge in [-0.1, -0.05) is 0 Å². The van der Waals surface area contributed by atoms with E-state index >= 15 is 0 Å². The summed E-state index contributed by atoms with van der Waals surface area (Å²) < 4.78 is 29.7. The van der Waals surface area contributed by atoms with Crippen molar-refractivity contribution in [2.24, 2.45) is 0 Å². The molecule has 0 aliphatic rings. The molecule has 50 valence electrons. The lowest BCUT2D eigenvalue weighted by Gasteiger charge is -1.82. The highest BCUT2D eigenvalue weighted by molar-refractivity contribution is 7.80. The van der Waals surface area contributed by atoms with Crippen LogP contribution in [-0.4, -0.2) is 43.1 Å². The lowest BCUT2D eigenvalue weighted by Crippen LogP contribution is -1.96. The van der Waals surface area contributed by atoms with Gasteiger partial charge in [0.25, 0.3) is 0 Å². The van der Waals surface area contributed by atoms with E-state index in [2.05, 4.69) is 4.18 Å². The molecule has 0 rings (SSSR count). The van der Waals surface area contributed by atoms with Crippen molar-refractivity contribution in [1.82, 2.24) is 6.15 Å². The van der Waals surface area contributed by atoms with Gasteiger partial charge < -0.3 is 6.15 Å². The monoisotopic (exact) mass is 155 g/mol. The van der Waals surface area contributed by atoms with Crippen LogP contribution in [0.25, 0.3) is 0 Å². The summed E-state index contributed by atoms with van der Waals surface area (Å²) in [5, 5.41) is 0. The summed E-state index contributed by atoms with van der Waals surface area (Å²) in [6, 6.07) is 0. The molecule has 0 radical (unpaired) electrons. The third kappa shape index (κ3) is 16.0. The molecule has 0 fully saturated rings.